The van der Waals surface area contributed by atoms with Crippen LogP contribution in [0.15, 0.2) is 48.0 Å². The smallest absolute Gasteiger partial charge is 0.282 e. The number of piperazine rings is 1. The summed E-state index contributed by atoms with van der Waals surface area (Å²) in [6.07, 6.45) is 16.5. The number of carbonyl (C=O) groups is 2. The zero-order chi connectivity index (χ0) is 38.7. The molecule has 2 saturated carbocycles. The predicted molar refractivity (Wildman–Crippen MR) is 209 cm³/mol. The van der Waals surface area contributed by atoms with Gasteiger partial charge in [0.05, 0.1) is 11.9 Å². The van der Waals surface area contributed by atoms with Crippen LogP contribution in [0, 0.1) is 0 Å². The summed E-state index contributed by atoms with van der Waals surface area (Å²) in [7, 11) is -1.36. The van der Waals surface area contributed by atoms with E-state index in [1.807, 2.05) is 22.9 Å². The normalized spacial score (nSPS) is 20.6. The van der Waals surface area contributed by atoms with Crippen LogP contribution in [-0.2, 0) is 21.2 Å². The Bertz CT molecular complexity index is 2430. The van der Waals surface area contributed by atoms with Crippen LogP contribution in [0.5, 0.6) is 0 Å². The number of sulfone groups is 1. The van der Waals surface area contributed by atoms with Gasteiger partial charge in [0.25, 0.3) is 11.8 Å². The van der Waals surface area contributed by atoms with Gasteiger partial charge in [-0.1, -0.05) is 12.8 Å². The van der Waals surface area contributed by atoms with Crippen LogP contribution in [0.2, 0.25) is 0 Å². The highest BCUT2D eigenvalue weighted by atomic mass is 32.2. The molecule has 2 amide bonds. The number of nitrogens with one attached hydrogen (secondary N) is 5. The molecule has 3 fully saturated rings. The van der Waals surface area contributed by atoms with Crippen molar-refractivity contribution in [2.75, 3.05) is 49.7 Å². The van der Waals surface area contributed by atoms with Crippen molar-refractivity contribution in [1.29, 1.82) is 0 Å². The Kier molecular flexibility index (Phi) is 9.13. The van der Waals surface area contributed by atoms with Gasteiger partial charge in [0.1, 0.15) is 39.8 Å². The SMILES string of the molecule is CN1CCN(c2ccc(Nc3ncc4cc5n(c4n3)C3(CCCCC3)NNC5=O)nc2)CC1.CS(=O)(=O)c1ncc2cc3n(c2n1)C1(CCCCC1)NNC3=O. The minimum atomic E-state index is -3.51. The number of hydrogen-bond donors (Lipinski definition) is 5. The zero-order valence-electron chi connectivity index (χ0n) is 31.5. The summed E-state index contributed by atoms with van der Waals surface area (Å²) in [5.41, 5.74) is 14.7. The van der Waals surface area contributed by atoms with Crippen molar-refractivity contribution in [2.45, 2.75) is 80.7 Å². The molecule has 0 aromatic carbocycles. The van der Waals surface area contributed by atoms with Crippen LogP contribution in [-0.4, -0.2) is 98.7 Å². The highest BCUT2D eigenvalue weighted by Gasteiger charge is 2.43. The Morgan fingerprint density at radius 1 is 0.696 bits per heavy atom. The highest BCUT2D eigenvalue weighted by molar-refractivity contribution is 7.90. The van der Waals surface area contributed by atoms with E-state index in [1.54, 1.807) is 12.3 Å². The van der Waals surface area contributed by atoms with Gasteiger partial charge in [0.15, 0.2) is 0 Å². The van der Waals surface area contributed by atoms with Crippen molar-refractivity contribution in [3.05, 3.63) is 54.2 Å². The largest absolute Gasteiger partial charge is 0.368 e. The molecule has 0 atom stereocenters. The third-order valence-corrected chi connectivity index (χ3v) is 12.6. The summed E-state index contributed by atoms with van der Waals surface area (Å²) in [6.45, 7) is 4.13. The Labute approximate surface area is 323 Å². The molecule has 2 spiro atoms. The van der Waals surface area contributed by atoms with Crippen molar-refractivity contribution >= 4 is 61.2 Å². The van der Waals surface area contributed by atoms with Gasteiger partial charge in [-0.15, -0.1) is 0 Å². The second-order valence-electron chi connectivity index (χ2n) is 15.6. The minimum absolute atomic E-state index is 0.139. The maximum atomic E-state index is 12.6. The number of likely N-dealkylation sites (N-methyl/N-ethyl adjacent to an activating group) is 1. The van der Waals surface area contributed by atoms with E-state index in [0.29, 0.717) is 34.2 Å². The first kappa shape index (κ1) is 36.4. The lowest BCUT2D eigenvalue weighted by molar-refractivity contribution is 0.0646. The second-order valence-corrected chi connectivity index (χ2v) is 17.5. The van der Waals surface area contributed by atoms with Crippen molar-refractivity contribution in [3.8, 4) is 0 Å². The number of hydrogen-bond acceptors (Lipinski definition) is 14. The molecule has 5 aromatic rings. The molecular weight excluding hydrogens is 737 g/mol. The van der Waals surface area contributed by atoms with Gasteiger partial charge in [-0.2, -0.15) is 9.97 Å². The van der Waals surface area contributed by atoms with Crippen molar-refractivity contribution in [1.82, 2.24) is 60.7 Å². The Morgan fingerprint density at radius 3 is 1.79 bits per heavy atom. The molecule has 3 aliphatic heterocycles. The monoisotopic (exact) mass is 782 g/mol. The standard InChI is InChI=1S/C23H29N9O.C14H17N5O3S/c1-30-9-11-31(12-10-30)17-5-6-19(24-15-17)26-22-25-14-16-13-18-21(33)28-29-23(7-3-2-4-8-23)32(18)20(16)27-22;1-23(21,22)13-15-8-9-7-10-12(20)17-18-14(5-3-2-4-6-14)19(10)11(9)16-13/h5-6,13-15,29H,2-4,7-12H2,1H3,(H,28,33)(H,24,25,26,27);7-8,18H,2-6H2,1H3,(H,17,20). The fraction of sp³-hybridized carbons (Fsp3) is 0.486. The maximum absolute atomic E-state index is 12.6. The van der Waals surface area contributed by atoms with Crippen LogP contribution in [0.3, 0.4) is 0 Å². The summed E-state index contributed by atoms with van der Waals surface area (Å²) in [4.78, 5) is 51.5. The molecule has 1 saturated heterocycles. The maximum Gasteiger partial charge on any atom is 0.282 e. The third-order valence-electron chi connectivity index (χ3n) is 11.7. The van der Waals surface area contributed by atoms with E-state index >= 15 is 0 Å². The summed E-state index contributed by atoms with van der Waals surface area (Å²) < 4.78 is 27.5. The quantitative estimate of drug-likeness (QED) is 0.166. The fourth-order valence-corrected chi connectivity index (χ4v) is 9.28. The molecule has 0 bridgehead atoms. The molecule has 294 valence electrons. The van der Waals surface area contributed by atoms with Crippen molar-refractivity contribution in [3.63, 3.8) is 0 Å². The van der Waals surface area contributed by atoms with Gasteiger partial charge in [-0.05, 0) is 82.7 Å². The Hall–Kier alpha value is -5.24. The van der Waals surface area contributed by atoms with Gasteiger partial charge in [-0.3, -0.25) is 20.4 Å². The van der Waals surface area contributed by atoms with Crippen LogP contribution in [0.25, 0.3) is 22.1 Å². The first-order valence-corrected chi connectivity index (χ1v) is 21.2. The number of carbonyl (C=O) groups excluding carboxylic acids is 2. The van der Waals surface area contributed by atoms with E-state index in [0.717, 1.165) is 107 Å². The van der Waals surface area contributed by atoms with Gasteiger partial charge in [-0.25, -0.2) is 34.2 Å². The topological polar surface area (TPSA) is 209 Å². The Morgan fingerprint density at radius 2 is 1.25 bits per heavy atom. The van der Waals surface area contributed by atoms with Crippen LogP contribution >= 0.6 is 0 Å². The molecule has 0 radical (unpaired) electrons. The van der Waals surface area contributed by atoms with E-state index in [2.05, 4.69) is 74.4 Å². The number of amides is 2. The number of aromatic nitrogens is 7. The van der Waals surface area contributed by atoms with E-state index < -0.39 is 15.5 Å². The fourth-order valence-electron chi connectivity index (χ4n) is 8.78. The summed E-state index contributed by atoms with van der Waals surface area (Å²) in [6, 6.07) is 7.65. The molecule has 19 heteroatoms. The highest BCUT2D eigenvalue weighted by Crippen LogP contribution is 2.39. The van der Waals surface area contributed by atoms with Gasteiger partial charge in [0, 0.05) is 55.6 Å². The first-order valence-electron chi connectivity index (χ1n) is 19.3. The number of anilines is 3. The number of rotatable bonds is 4. The number of fused-ring (bicyclic) bond motifs is 8. The van der Waals surface area contributed by atoms with E-state index in [4.69, 9.17) is 4.98 Å². The molecule has 10 rings (SSSR count). The lowest BCUT2D eigenvalue weighted by atomic mass is 9.88. The van der Waals surface area contributed by atoms with Crippen molar-refractivity contribution < 1.29 is 18.0 Å². The number of hydrazine groups is 2. The lowest BCUT2D eigenvalue weighted by Gasteiger charge is -2.43. The molecular formula is C37H46N14O4S. The minimum Gasteiger partial charge on any atom is -0.368 e. The average Bonchev–Trinajstić information content (AvgIpc) is 3.80. The van der Waals surface area contributed by atoms with Crippen LogP contribution in [0.4, 0.5) is 17.5 Å². The van der Waals surface area contributed by atoms with E-state index in [1.165, 1.54) is 12.6 Å². The van der Waals surface area contributed by atoms with Crippen LogP contribution < -0.4 is 31.9 Å². The van der Waals surface area contributed by atoms with Gasteiger partial charge in [0.2, 0.25) is 20.9 Å². The van der Waals surface area contributed by atoms with Gasteiger partial charge < -0.3 is 24.3 Å². The first-order chi connectivity index (χ1) is 27.0. The second kappa shape index (κ2) is 14.1. The number of nitrogens with zero attached hydrogens (tertiary/aromatic N) is 9. The molecule has 56 heavy (non-hydrogen) atoms. The zero-order valence-corrected chi connectivity index (χ0v) is 32.3. The van der Waals surface area contributed by atoms with Crippen molar-refractivity contribution in [2.24, 2.45) is 0 Å². The molecule has 5 N–H and O–H groups in total. The molecule has 8 heterocycles. The third kappa shape index (κ3) is 6.50. The predicted octanol–water partition coefficient (Wildman–Crippen LogP) is 2.89. The van der Waals surface area contributed by atoms with Gasteiger partial charge >= 0.3 is 0 Å². The molecule has 18 nitrogen and oxygen atoms in total. The summed E-state index contributed by atoms with van der Waals surface area (Å²) in [5, 5.41) is 4.54. The number of pyridine rings is 1. The summed E-state index contributed by atoms with van der Waals surface area (Å²) in [5.74, 6) is 0.779. The van der Waals surface area contributed by atoms with E-state index in [9.17, 15) is 18.0 Å². The molecule has 5 aliphatic rings. The Balaban J connectivity index is 0.000000156. The van der Waals surface area contributed by atoms with Crippen LogP contribution in [0.1, 0.15) is 85.2 Å². The lowest BCUT2D eigenvalue weighted by Crippen LogP contribution is -2.61. The van der Waals surface area contributed by atoms with E-state index in [-0.39, 0.29) is 22.6 Å². The molecule has 2 aliphatic carbocycles. The molecule has 0 unspecified atom stereocenters. The average molecular weight is 783 g/mol. The molecule has 5 aromatic heterocycles. The summed E-state index contributed by atoms with van der Waals surface area (Å²) >= 11 is 0.